The Morgan fingerprint density at radius 1 is 1.42 bits per heavy atom. The smallest absolute Gasteiger partial charge is 0.245 e. The first-order valence-corrected chi connectivity index (χ1v) is 8.64. The monoisotopic (exact) mass is 304 g/mol. The van der Waals surface area contributed by atoms with Gasteiger partial charge in [0.05, 0.1) is 5.88 Å². The highest BCUT2D eigenvalue weighted by molar-refractivity contribution is 7.89. The van der Waals surface area contributed by atoms with Crippen molar-refractivity contribution in [1.82, 2.24) is 8.87 Å². The van der Waals surface area contributed by atoms with Crippen LogP contribution in [0.3, 0.4) is 0 Å². The van der Waals surface area contributed by atoms with Crippen LogP contribution in [0.5, 0.6) is 0 Å². The van der Waals surface area contributed by atoms with Gasteiger partial charge in [0.15, 0.2) is 0 Å². The zero-order valence-electron chi connectivity index (χ0n) is 11.6. The van der Waals surface area contributed by atoms with Gasteiger partial charge in [-0.15, -0.1) is 11.6 Å². The molecule has 4 nitrogen and oxygen atoms in total. The highest BCUT2D eigenvalue weighted by Crippen LogP contribution is 2.32. The maximum absolute atomic E-state index is 12.8. The van der Waals surface area contributed by atoms with Crippen LogP contribution in [-0.2, 0) is 23.0 Å². The molecule has 0 N–H and O–H groups in total. The Balaban J connectivity index is 2.40. The van der Waals surface area contributed by atoms with E-state index >= 15 is 0 Å². The molecule has 108 valence electrons. The van der Waals surface area contributed by atoms with Gasteiger partial charge in [-0.3, -0.25) is 0 Å². The van der Waals surface area contributed by atoms with E-state index in [0.29, 0.717) is 10.8 Å². The van der Waals surface area contributed by atoms with Crippen LogP contribution in [0, 0.1) is 0 Å². The molecule has 19 heavy (non-hydrogen) atoms. The van der Waals surface area contributed by atoms with Crippen molar-refractivity contribution in [3.8, 4) is 0 Å². The number of halogens is 1. The Morgan fingerprint density at radius 3 is 2.63 bits per heavy atom. The van der Waals surface area contributed by atoms with Crippen molar-refractivity contribution < 1.29 is 8.42 Å². The lowest BCUT2D eigenvalue weighted by Gasteiger charge is -2.26. The molecular formula is C13H21ClN2O2S. The Bertz CT molecular complexity index is 553. The van der Waals surface area contributed by atoms with Crippen LogP contribution in [-0.4, -0.2) is 29.4 Å². The van der Waals surface area contributed by atoms with Gasteiger partial charge in [0.25, 0.3) is 0 Å². The molecular weight excluding hydrogens is 284 g/mol. The first-order valence-electron chi connectivity index (χ1n) is 6.66. The molecule has 0 amide bonds. The van der Waals surface area contributed by atoms with Crippen molar-refractivity contribution in [2.75, 3.05) is 0 Å². The Morgan fingerprint density at radius 2 is 2.11 bits per heavy atom. The third-order valence-corrected chi connectivity index (χ3v) is 6.28. The minimum atomic E-state index is -3.41. The van der Waals surface area contributed by atoms with Gasteiger partial charge in [-0.1, -0.05) is 6.92 Å². The highest BCUT2D eigenvalue weighted by Gasteiger charge is 2.39. The Labute approximate surface area is 120 Å². The number of rotatable bonds is 4. The van der Waals surface area contributed by atoms with E-state index < -0.39 is 10.0 Å². The lowest BCUT2D eigenvalue weighted by atomic mass is 10.2. The quantitative estimate of drug-likeness (QED) is 0.803. The van der Waals surface area contributed by atoms with Gasteiger partial charge in [0, 0.05) is 31.0 Å². The average molecular weight is 305 g/mol. The summed E-state index contributed by atoms with van der Waals surface area (Å²) in [6.07, 6.45) is 4.41. The summed E-state index contributed by atoms with van der Waals surface area (Å²) in [4.78, 5) is 0.359. The summed E-state index contributed by atoms with van der Waals surface area (Å²) < 4.78 is 29.0. The maximum atomic E-state index is 12.8. The molecule has 0 saturated carbocycles. The standard InChI is InChI=1S/C13H21ClN2O2S/c1-4-11-6-5-10(2)16(11)19(17,18)13-7-12(8-14)15(3)9-13/h7,9-11H,4-6,8H2,1-3H3. The van der Waals surface area contributed by atoms with Crippen LogP contribution in [0.2, 0.25) is 0 Å². The van der Waals surface area contributed by atoms with Crippen molar-refractivity contribution in [3.63, 3.8) is 0 Å². The predicted molar refractivity (Wildman–Crippen MR) is 76.8 cm³/mol. The Hall–Kier alpha value is -0.520. The zero-order chi connectivity index (χ0) is 14.2. The van der Waals surface area contributed by atoms with E-state index in [1.165, 1.54) is 0 Å². The summed E-state index contributed by atoms with van der Waals surface area (Å²) in [7, 11) is -1.59. The molecule has 6 heteroatoms. The first-order chi connectivity index (χ1) is 8.91. The summed E-state index contributed by atoms with van der Waals surface area (Å²) in [6, 6.07) is 1.88. The topological polar surface area (TPSA) is 42.3 Å². The van der Waals surface area contributed by atoms with Gasteiger partial charge in [-0.05, 0) is 32.3 Å². The molecule has 2 heterocycles. The SMILES string of the molecule is CCC1CCC(C)N1S(=O)(=O)c1cc(CCl)n(C)c1. The van der Waals surface area contributed by atoms with Gasteiger partial charge < -0.3 is 4.57 Å². The van der Waals surface area contributed by atoms with E-state index in [1.54, 1.807) is 21.1 Å². The van der Waals surface area contributed by atoms with Gasteiger partial charge >= 0.3 is 0 Å². The Kier molecular flexibility index (Phi) is 4.28. The molecule has 0 aromatic carbocycles. The van der Waals surface area contributed by atoms with Gasteiger partial charge in [-0.25, -0.2) is 8.42 Å². The van der Waals surface area contributed by atoms with Crippen molar-refractivity contribution in [1.29, 1.82) is 0 Å². The average Bonchev–Trinajstić information content (AvgIpc) is 2.92. The van der Waals surface area contributed by atoms with Crippen molar-refractivity contribution >= 4 is 21.6 Å². The molecule has 2 rings (SSSR count). The molecule has 1 saturated heterocycles. The molecule has 0 aliphatic carbocycles. The second kappa shape index (κ2) is 5.46. The molecule has 1 aromatic heterocycles. The lowest BCUT2D eigenvalue weighted by Crippen LogP contribution is -2.39. The second-order valence-corrected chi connectivity index (χ2v) is 7.35. The van der Waals surface area contributed by atoms with Gasteiger partial charge in [0.2, 0.25) is 10.0 Å². The van der Waals surface area contributed by atoms with Crippen LogP contribution in [0.15, 0.2) is 17.2 Å². The number of sulfonamides is 1. The highest BCUT2D eigenvalue weighted by atomic mass is 35.5. The predicted octanol–water partition coefficient (Wildman–Crippen LogP) is 2.72. The fraction of sp³-hybridized carbons (Fsp3) is 0.692. The number of hydrogen-bond donors (Lipinski definition) is 0. The van der Waals surface area contributed by atoms with Crippen LogP contribution < -0.4 is 0 Å². The first kappa shape index (κ1) is 14.9. The number of hydrogen-bond acceptors (Lipinski definition) is 2. The summed E-state index contributed by atoms with van der Waals surface area (Å²) in [6.45, 7) is 4.03. The molecule has 0 bridgehead atoms. The third kappa shape index (κ3) is 2.56. The summed E-state index contributed by atoms with van der Waals surface area (Å²) in [5, 5.41) is 0. The van der Waals surface area contributed by atoms with E-state index in [2.05, 4.69) is 0 Å². The van der Waals surface area contributed by atoms with Crippen LogP contribution in [0.25, 0.3) is 0 Å². The molecule has 1 aromatic rings. The molecule has 2 unspecified atom stereocenters. The summed E-state index contributed by atoms with van der Waals surface area (Å²) in [5.41, 5.74) is 0.820. The van der Waals surface area contributed by atoms with Crippen molar-refractivity contribution in [2.45, 2.75) is 56.0 Å². The fourth-order valence-electron chi connectivity index (χ4n) is 2.84. The number of nitrogens with zero attached hydrogens (tertiary/aromatic N) is 2. The van der Waals surface area contributed by atoms with Crippen molar-refractivity contribution in [3.05, 3.63) is 18.0 Å². The number of aryl methyl sites for hydroxylation is 1. The van der Waals surface area contributed by atoms with E-state index in [4.69, 9.17) is 11.6 Å². The number of aromatic nitrogens is 1. The minimum absolute atomic E-state index is 0.0783. The molecule has 1 aliphatic heterocycles. The van der Waals surface area contributed by atoms with Gasteiger partial charge in [-0.2, -0.15) is 4.31 Å². The largest absolute Gasteiger partial charge is 0.352 e. The normalized spacial score (nSPS) is 25.1. The van der Waals surface area contributed by atoms with Crippen LogP contribution in [0.1, 0.15) is 38.8 Å². The van der Waals surface area contributed by atoms with E-state index in [1.807, 2.05) is 20.9 Å². The fourth-order valence-corrected chi connectivity index (χ4v) is 5.15. The van der Waals surface area contributed by atoms with E-state index in [0.717, 1.165) is 25.0 Å². The summed E-state index contributed by atoms with van der Waals surface area (Å²) >= 11 is 5.81. The lowest BCUT2D eigenvalue weighted by molar-refractivity contribution is 0.328. The molecule has 1 aliphatic rings. The molecule has 0 radical (unpaired) electrons. The van der Waals surface area contributed by atoms with E-state index in [-0.39, 0.29) is 12.1 Å². The molecule has 0 spiro atoms. The second-order valence-electron chi connectivity index (χ2n) is 5.24. The molecule has 1 fully saturated rings. The van der Waals surface area contributed by atoms with Crippen molar-refractivity contribution in [2.24, 2.45) is 7.05 Å². The van der Waals surface area contributed by atoms with E-state index in [9.17, 15) is 8.42 Å². The van der Waals surface area contributed by atoms with Crippen LogP contribution >= 0.6 is 11.6 Å². The molecule has 2 atom stereocenters. The maximum Gasteiger partial charge on any atom is 0.245 e. The van der Waals surface area contributed by atoms with Crippen LogP contribution in [0.4, 0.5) is 0 Å². The third-order valence-electron chi connectivity index (χ3n) is 3.98. The zero-order valence-corrected chi connectivity index (χ0v) is 13.2. The summed E-state index contributed by atoms with van der Waals surface area (Å²) in [5.74, 6) is 0.318. The van der Waals surface area contributed by atoms with Gasteiger partial charge in [0.1, 0.15) is 4.90 Å². The minimum Gasteiger partial charge on any atom is -0.352 e. The number of alkyl halides is 1.